The van der Waals surface area contributed by atoms with Crippen LogP contribution >= 0.6 is 0 Å². The zero-order chi connectivity index (χ0) is 18.9. The van der Waals surface area contributed by atoms with Gasteiger partial charge in [-0.1, -0.05) is 0 Å². The third-order valence-electron chi connectivity index (χ3n) is 4.18. The largest absolute Gasteiger partial charge is 0.383 e. The summed E-state index contributed by atoms with van der Waals surface area (Å²) < 4.78 is 10.2. The number of nitrogens with one attached hydrogen (secondary N) is 1. The molecule has 0 saturated carbocycles. The molecule has 1 aliphatic heterocycles. The van der Waals surface area contributed by atoms with Gasteiger partial charge in [-0.25, -0.2) is 15.0 Å². The summed E-state index contributed by atoms with van der Waals surface area (Å²) in [6, 6.07) is 0. The first-order valence-electron chi connectivity index (χ1n) is 8.49. The lowest BCUT2D eigenvalue weighted by Crippen LogP contribution is -2.47. The van der Waals surface area contributed by atoms with E-state index in [-0.39, 0.29) is 17.3 Å². The van der Waals surface area contributed by atoms with Crippen LogP contribution < -0.4 is 10.3 Å². The van der Waals surface area contributed by atoms with Crippen molar-refractivity contribution in [2.75, 3.05) is 84.1 Å². The van der Waals surface area contributed by atoms with Crippen LogP contribution in [0.4, 0.5) is 17.3 Å². The van der Waals surface area contributed by atoms with Gasteiger partial charge in [-0.3, -0.25) is 15.5 Å². The number of hydrogen-bond acceptors (Lipinski definition) is 10. The molecule has 1 aliphatic rings. The molecule has 1 N–H and O–H groups in total. The van der Waals surface area contributed by atoms with Gasteiger partial charge >= 0.3 is 5.69 Å². The van der Waals surface area contributed by atoms with Crippen molar-refractivity contribution in [1.29, 1.82) is 0 Å². The number of nitro groups is 1. The monoisotopic (exact) mass is 369 g/mol. The van der Waals surface area contributed by atoms with Crippen LogP contribution in [0.3, 0.4) is 0 Å². The average Bonchev–Trinajstić information content (AvgIpc) is 2.63. The van der Waals surface area contributed by atoms with E-state index in [0.29, 0.717) is 26.3 Å². The van der Waals surface area contributed by atoms with E-state index in [4.69, 9.17) is 9.47 Å². The van der Waals surface area contributed by atoms with Gasteiger partial charge in [0.15, 0.2) is 0 Å². The molecule has 1 fully saturated rings. The first-order chi connectivity index (χ1) is 12.6. The summed E-state index contributed by atoms with van der Waals surface area (Å²) in [5, 5.41) is 13.7. The number of ether oxygens (including phenoxy) is 2. The van der Waals surface area contributed by atoms with Crippen LogP contribution in [-0.2, 0) is 9.47 Å². The van der Waals surface area contributed by atoms with Crippen LogP contribution in [0.15, 0.2) is 6.33 Å². The number of methoxy groups -OCH3 is 2. The van der Waals surface area contributed by atoms with E-state index in [1.807, 2.05) is 12.1 Å². The van der Waals surface area contributed by atoms with Crippen LogP contribution in [-0.4, -0.2) is 98.5 Å². The maximum absolute atomic E-state index is 11.8. The van der Waals surface area contributed by atoms with Gasteiger partial charge in [0.05, 0.1) is 18.1 Å². The van der Waals surface area contributed by atoms with Crippen molar-refractivity contribution >= 4 is 17.3 Å². The molecule has 0 unspecified atom stereocenters. The van der Waals surface area contributed by atoms with Crippen molar-refractivity contribution in [3.63, 3.8) is 0 Å². The van der Waals surface area contributed by atoms with E-state index in [2.05, 4.69) is 20.3 Å². The predicted octanol–water partition coefficient (Wildman–Crippen LogP) is 0.0583. The second-order valence-corrected chi connectivity index (χ2v) is 6.03. The molecule has 0 radical (unpaired) electrons. The Morgan fingerprint density at radius 2 is 1.81 bits per heavy atom. The SMILES string of the molecule is COCCN(CCOC)c1ncnc(NN2CCN(C)CC2)c1[N+](=O)[O-]. The van der Waals surface area contributed by atoms with Crippen molar-refractivity contribution in [3.05, 3.63) is 16.4 Å². The third kappa shape index (κ3) is 5.46. The molecule has 0 spiro atoms. The van der Waals surface area contributed by atoms with Gasteiger partial charge in [0.1, 0.15) is 6.33 Å². The fraction of sp³-hybridized carbons (Fsp3) is 0.733. The molecule has 0 bridgehead atoms. The standard InChI is InChI=1S/C15H27N7O4/c1-19-4-6-21(7-5-19)18-14-13(22(23)24)15(17-12-16-14)20(8-10-25-2)9-11-26-3/h12H,4-11H2,1-3H3,(H,16,17,18). The third-order valence-corrected chi connectivity index (χ3v) is 4.18. The Balaban J connectivity index is 2.25. The van der Waals surface area contributed by atoms with Crippen molar-refractivity contribution < 1.29 is 14.4 Å². The Morgan fingerprint density at radius 3 is 2.35 bits per heavy atom. The van der Waals surface area contributed by atoms with E-state index in [1.54, 1.807) is 19.1 Å². The molecule has 11 heteroatoms. The van der Waals surface area contributed by atoms with Gasteiger partial charge in [0.2, 0.25) is 11.6 Å². The van der Waals surface area contributed by atoms with Crippen LogP contribution in [0, 0.1) is 10.1 Å². The number of anilines is 2. The van der Waals surface area contributed by atoms with Crippen molar-refractivity contribution in [2.24, 2.45) is 0 Å². The quantitative estimate of drug-likeness (QED) is 0.449. The molecule has 0 aromatic carbocycles. The number of nitrogens with zero attached hydrogens (tertiary/aromatic N) is 6. The number of aromatic nitrogens is 2. The lowest BCUT2D eigenvalue weighted by atomic mass is 10.3. The molecular weight excluding hydrogens is 342 g/mol. The molecule has 11 nitrogen and oxygen atoms in total. The lowest BCUT2D eigenvalue weighted by molar-refractivity contribution is -0.383. The summed E-state index contributed by atoms with van der Waals surface area (Å²) in [7, 11) is 5.22. The fourth-order valence-corrected chi connectivity index (χ4v) is 2.65. The van der Waals surface area contributed by atoms with Gasteiger partial charge in [0.25, 0.3) is 0 Å². The average molecular weight is 369 g/mol. The highest BCUT2D eigenvalue weighted by Gasteiger charge is 2.28. The molecular formula is C15H27N7O4. The van der Waals surface area contributed by atoms with Crippen molar-refractivity contribution in [1.82, 2.24) is 19.9 Å². The summed E-state index contributed by atoms with van der Waals surface area (Å²) in [5.74, 6) is 0.458. The molecule has 2 heterocycles. The normalized spacial score (nSPS) is 15.8. The minimum absolute atomic E-state index is 0.140. The van der Waals surface area contributed by atoms with Gasteiger partial charge in [-0.15, -0.1) is 0 Å². The summed E-state index contributed by atoms with van der Waals surface area (Å²) in [5.41, 5.74) is 2.94. The molecule has 0 amide bonds. The van der Waals surface area contributed by atoms with Gasteiger partial charge in [-0.2, -0.15) is 0 Å². The second kappa shape index (κ2) is 10.2. The van der Waals surface area contributed by atoms with Crippen LogP contribution in [0.1, 0.15) is 0 Å². The highest BCUT2D eigenvalue weighted by molar-refractivity contribution is 5.70. The van der Waals surface area contributed by atoms with E-state index in [1.165, 1.54) is 6.33 Å². The Kier molecular flexibility index (Phi) is 7.91. The molecule has 146 valence electrons. The predicted molar refractivity (Wildman–Crippen MR) is 97.3 cm³/mol. The summed E-state index contributed by atoms with van der Waals surface area (Å²) >= 11 is 0. The molecule has 26 heavy (non-hydrogen) atoms. The smallest absolute Gasteiger partial charge is 0.354 e. The summed E-state index contributed by atoms with van der Waals surface area (Å²) in [6.07, 6.45) is 1.34. The first-order valence-corrected chi connectivity index (χ1v) is 8.49. The Bertz CT molecular complexity index is 573. The van der Waals surface area contributed by atoms with Crippen LogP contribution in [0.5, 0.6) is 0 Å². The lowest BCUT2D eigenvalue weighted by Gasteiger charge is -2.32. The molecule has 0 atom stereocenters. The summed E-state index contributed by atoms with van der Waals surface area (Å²) in [6.45, 7) is 5.04. The Hall–Kier alpha value is -2.08. The topological polar surface area (TPSA) is 109 Å². The molecule has 1 saturated heterocycles. The highest BCUT2D eigenvalue weighted by Crippen LogP contribution is 2.32. The zero-order valence-electron chi connectivity index (χ0n) is 15.6. The minimum atomic E-state index is -0.444. The van der Waals surface area contributed by atoms with Crippen molar-refractivity contribution in [2.45, 2.75) is 0 Å². The fourth-order valence-electron chi connectivity index (χ4n) is 2.65. The van der Waals surface area contributed by atoms with Crippen LogP contribution in [0.25, 0.3) is 0 Å². The van der Waals surface area contributed by atoms with E-state index in [9.17, 15) is 10.1 Å². The number of piperazine rings is 1. The summed E-state index contributed by atoms with van der Waals surface area (Å²) in [4.78, 5) is 23.6. The number of likely N-dealkylation sites (N-methyl/N-ethyl adjacent to an activating group) is 1. The minimum Gasteiger partial charge on any atom is -0.383 e. The molecule has 1 aromatic heterocycles. The van der Waals surface area contributed by atoms with Crippen molar-refractivity contribution in [3.8, 4) is 0 Å². The van der Waals surface area contributed by atoms with E-state index < -0.39 is 4.92 Å². The molecule has 2 rings (SSSR count). The number of hydrazine groups is 1. The van der Waals surface area contributed by atoms with E-state index >= 15 is 0 Å². The van der Waals surface area contributed by atoms with E-state index in [0.717, 1.165) is 26.2 Å². The Labute approximate surface area is 153 Å². The molecule has 0 aliphatic carbocycles. The highest BCUT2D eigenvalue weighted by atomic mass is 16.6. The second-order valence-electron chi connectivity index (χ2n) is 6.03. The van der Waals surface area contributed by atoms with Gasteiger partial charge in [-0.05, 0) is 7.05 Å². The molecule has 1 aromatic rings. The first kappa shape index (κ1) is 20.2. The van der Waals surface area contributed by atoms with Crippen LogP contribution in [0.2, 0.25) is 0 Å². The number of rotatable bonds is 10. The zero-order valence-corrected chi connectivity index (χ0v) is 15.6. The van der Waals surface area contributed by atoms with Gasteiger partial charge < -0.3 is 19.3 Å². The number of hydrogen-bond donors (Lipinski definition) is 1. The Morgan fingerprint density at radius 1 is 1.19 bits per heavy atom. The maximum Gasteiger partial charge on any atom is 0.354 e. The maximum atomic E-state index is 11.8. The van der Waals surface area contributed by atoms with Gasteiger partial charge in [0, 0.05) is 53.5 Å².